The second-order valence-corrected chi connectivity index (χ2v) is 7.41. The Kier molecular flexibility index (Phi) is 5.60. The van der Waals surface area contributed by atoms with Gasteiger partial charge in [0.2, 0.25) is 5.09 Å². The van der Waals surface area contributed by atoms with E-state index in [1.807, 2.05) is 0 Å². The summed E-state index contributed by atoms with van der Waals surface area (Å²) in [7, 11) is -2.35. The highest BCUT2D eigenvalue weighted by molar-refractivity contribution is 7.89. The van der Waals surface area contributed by atoms with Crippen LogP contribution in [0.3, 0.4) is 0 Å². The molecule has 1 aliphatic rings. The minimum Gasteiger partial charge on any atom is -0.486 e. The maximum atomic E-state index is 12.5. The predicted molar refractivity (Wildman–Crippen MR) is 90.4 cm³/mol. The number of methoxy groups -OCH3 is 1. The molecule has 0 amide bonds. The van der Waals surface area contributed by atoms with Gasteiger partial charge in [-0.15, -0.1) is 0 Å². The molecule has 1 aromatic heterocycles. The Morgan fingerprint density at radius 1 is 1.12 bits per heavy atom. The van der Waals surface area contributed by atoms with Crippen LogP contribution in [0.1, 0.15) is 16.1 Å². The van der Waals surface area contributed by atoms with Crippen molar-refractivity contribution in [3.63, 3.8) is 0 Å². The summed E-state index contributed by atoms with van der Waals surface area (Å²) < 4.78 is 47.1. The summed E-state index contributed by atoms with van der Waals surface area (Å²) in [6.07, 6.45) is 0. The Hall–Kier alpha value is -2.36. The first kappa shape index (κ1) is 18.4. The van der Waals surface area contributed by atoms with Gasteiger partial charge in [-0.3, -0.25) is 0 Å². The number of carbonyl (C=O) groups is 1. The molecule has 1 aromatic carbocycles. The van der Waals surface area contributed by atoms with Crippen LogP contribution in [-0.4, -0.2) is 52.1 Å². The summed E-state index contributed by atoms with van der Waals surface area (Å²) >= 11 is 0. The minimum absolute atomic E-state index is 0.0657. The normalized spacial score (nSPS) is 15.6. The van der Waals surface area contributed by atoms with E-state index >= 15 is 0 Å². The van der Waals surface area contributed by atoms with Crippen molar-refractivity contribution in [2.24, 2.45) is 0 Å². The summed E-state index contributed by atoms with van der Waals surface area (Å²) in [5, 5.41) is -0.112. The SMILES string of the molecule is COC(=O)c1ccc(OCc2ccc(S(=O)(=O)N3CCOCC3)o2)cc1. The van der Waals surface area contributed by atoms with Crippen LogP contribution in [0.4, 0.5) is 0 Å². The molecule has 140 valence electrons. The third-order valence-electron chi connectivity index (χ3n) is 3.86. The molecule has 2 aromatic rings. The molecule has 8 nitrogen and oxygen atoms in total. The third kappa shape index (κ3) is 4.06. The monoisotopic (exact) mass is 381 g/mol. The number of ether oxygens (including phenoxy) is 3. The van der Waals surface area contributed by atoms with Crippen LogP contribution >= 0.6 is 0 Å². The summed E-state index contributed by atoms with van der Waals surface area (Å²) in [5.74, 6) is 0.473. The molecule has 26 heavy (non-hydrogen) atoms. The van der Waals surface area contributed by atoms with Crippen LogP contribution in [0.15, 0.2) is 45.9 Å². The van der Waals surface area contributed by atoms with Gasteiger partial charge in [-0.1, -0.05) is 0 Å². The van der Waals surface area contributed by atoms with Crippen LogP contribution in [-0.2, 0) is 26.1 Å². The molecule has 0 atom stereocenters. The fourth-order valence-corrected chi connectivity index (χ4v) is 3.78. The number of carbonyl (C=O) groups excluding carboxylic acids is 1. The molecule has 3 rings (SSSR count). The second kappa shape index (κ2) is 7.90. The first-order chi connectivity index (χ1) is 12.5. The van der Waals surface area contributed by atoms with E-state index in [-0.39, 0.29) is 11.7 Å². The first-order valence-electron chi connectivity index (χ1n) is 7.98. The molecular weight excluding hydrogens is 362 g/mol. The largest absolute Gasteiger partial charge is 0.486 e. The molecule has 0 unspecified atom stereocenters. The maximum Gasteiger partial charge on any atom is 0.337 e. The lowest BCUT2D eigenvalue weighted by Gasteiger charge is -2.24. The number of sulfonamides is 1. The van der Waals surface area contributed by atoms with Crippen molar-refractivity contribution in [1.29, 1.82) is 0 Å². The minimum atomic E-state index is -3.66. The summed E-state index contributed by atoms with van der Waals surface area (Å²) in [6, 6.07) is 9.40. The molecule has 0 bridgehead atoms. The number of hydrogen-bond acceptors (Lipinski definition) is 7. The molecule has 0 saturated carbocycles. The smallest absolute Gasteiger partial charge is 0.337 e. The van der Waals surface area contributed by atoms with Crippen LogP contribution in [0.5, 0.6) is 5.75 Å². The number of hydrogen-bond donors (Lipinski definition) is 0. The fraction of sp³-hybridized carbons (Fsp3) is 0.353. The van der Waals surface area contributed by atoms with Crippen molar-refractivity contribution in [2.75, 3.05) is 33.4 Å². The highest BCUT2D eigenvalue weighted by Gasteiger charge is 2.29. The lowest BCUT2D eigenvalue weighted by atomic mass is 10.2. The maximum absolute atomic E-state index is 12.5. The summed E-state index contributed by atoms with van der Waals surface area (Å²) in [6.45, 7) is 1.42. The number of morpholine rings is 1. The van der Waals surface area contributed by atoms with Crippen molar-refractivity contribution in [3.8, 4) is 5.75 Å². The van der Waals surface area contributed by atoms with E-state index in [0.717, 1.165) is 0 Å². The van der Waals surface area contributed by atoms with Gasteiger partial charge in [-0.2, -0.15) is 4.31 Å². The van der Waals surface area contributed by atoms with E-state index < -0.39 is 16.0 Å². The average molecular weight is 381 g/mol. The molecule has 9 heteroatoms. The van der Waals surface area contributed by atoms with Gasteiger partial charge in [0, 0.05) is 13.1 Å². The van der Waals surface area contributed by atoms with E-state index in [1.54, 1.807) is 30.3 Å². The summed E-state index contributed by atoms with van der Waals surface area (Å²) in [4.78, 5) is 11.4. The topological polar surface area (TPSA) is 95.3 Å². The molecule has 2 heterocycles. The lowest BCUT2D eigenvalue weighted by Crippen LogP contribution is -2.40. The predicted octanol–water partition coefficient (Wildman–Crippen LogP) is 1.67. The standard InChI is InChI=1S/C17H19NO7S/c1-22-17(19)13-2-4-14(5-3-13)24-12-15-6-7-16(25-15)26(20,21)18-8-10-23-11-9-18/h2-7H,8-12H2,1H3. The fourth-order valence-electron chi connectivity index (χ4n) is 2.45. The Morgan fingerprint density at radius 2 is 1.81 bits per heavy atom. The van der Waals surface area contributed by atoms with Gasteiger partial charge in [-0.25, -0.2) is 13.2 Å². The van der Waals surface area contributed by atoms with Gasteiger partial charge in [-0.05, 0) is 36.4 Å². The molecule has 0 spiro atoms. The molecule has 1 aliphatic heterocycles. The lowest BCUT2D eigenvalue weighted by molar-refractivity contribution is 0.0600. The third-order valence-corrected chi connectivity index (χ3v) is 5.63. The Bertz CT molecular complexity index is 851. The zero-order valence-electron chi connectivity index (χ0n) is 14.2. The molecule has 0 N–H and O–H groups in total. The van der Waals surface area contributed by atoms with Crippen LogP contribution in [0.25, 0.3) is 0 Å². The molecule has 0 aliphatic carbocycles. The van der Waals surface area contributed by atoms with Crippen LogP contribution in [0.2, 0.25) is 0 Å². The van der Waals surface area contributed by atoms with Gasteiger partial charge >= 0.3 is 5.97 Å². The zero-order chi connectivity index (χ0) is 18.6. The van der Waals surface area contributed by atoms with Gasteiger partial charge in [0.05, 0.1) is 25.9 Å². The number of furan rings is 1. The quantitative estimate of drug-likeness (QED) is 0.702. The van der Waals surface area contributed by atoms with Crippen molar-refractivity contribution in [3.05, 3.63) is 47.7 Å². The number of rotatable bonds is 6. The summed E-state index contributed by atoms with van der Waals surface area (Å²) in [5.41, 5.74) is 0.414. The van der Waals surface area contributed by atoms with Gasteiger partial charge < -0.3 is 18.6 Å². The second-order valence-electron chi connectivity index (χ2n) is 5.54. The zero-order valence-corrected chi connectivity index (χ0v) is 15.0. The van der Waals surface area contributed by atoms with Crippen LogP contribution < -0.4 is 4.74 Å². The van der Waals surface area contributed by atoms with Crippen LogP contribution in [0, 0.1) is 0 Å². The van der Waals surface area contributed by atoms with E-state index in [4.69, 9.17) is 13.9 Å². The Labute approximate surface area is 151 Å². The van der Waals surface area contributed by atoms with E-state index in [9.17, 15) is 13.2 Å². The van der Waals surface area contributed by atoms with Gasteiger partial charge in [0.15, 0.2) is 0 Å². The highest BCUT2D eigenvalue weighted by atomic mass is 32.2. The van der Waals surface area contributed by atoms with Crippen molar-refractivity contribution in [1.82, 2.24) is 4.31 Å². The molecule has 1 fully saturated rings. The van der Waals surface area contributed by atoms with Crippen molar-refractivity contribution < 1.29 is 31.8 Å². The Balaban J connectivity index is 1.62. The van der Waals surface area contributed by atoms with E-state index in [0.29, 0.717) is 43.4 Å². The first-order valence-corrected chi connectivity index (χ1v) is 9.42. The van der Waals surface area contributed by atoms with Crippen molar-refractivity contribution >= 4 is 16.0 Å². The number of benzene rings is 1. The van der Waals surface area contributed by atoms with E-state index in [1.165, 1.54) is 17.5 Å². The molecular formula is C17H19NO7S. The molecule has 0 radical (unpaired) electrons. The number of esters is 1. The van der Waals surface area contributed by atoms with Gasteiger partial charge in [0.1, 0.15) is 18.1 Å². The average Bonchev–Trinajstić information content (AvgIpc) is 3.17. The van der Waals surface area contributed by atoms with Gasteiger partial charge in [0.25, 0.3) is 10.0 Å². The highest BCUT2D eigenvalue weighted by Crippen LogP contribution is 2.21. The molecule has 1 saturated heterocycles. The van der Waals surface area contributed by atoms with Crippen molar-refractivity contribution in [2.45, 2.75) is 11.7 Å². The van der Waals surface area contributed by atoms with E-state index in [2.05, 4.69) is 4.74 Å². The Morgan fingerprint density at radius 3 is 2.46 bits per heavy atom. The number of nitrogens with zero attached hydrogens (tertiary/aromatic N) is 1.